The molecule has 116 valence electrons. The van der Waals surface area contributed by atoms with Crippen molar-refractivity contribution in [1.29, 1.82) is 0 Å². The van der Waals surface area contributed by atoms with E-state index in [-0.39, 0.29) is 18.5 Å². The molecule has 0 aliphatic heterocycles. The van der Waals surface area contributed by atoms with Crippen molar-refractivity contribution in [2.24, 2.45) is 0 Å². The molecule has 0 unspecified atom stereocenters. The molecule has 1 atom stereocenters. The Kier molecular flexibility index (Phi) is 5.83. The lowest BCUT2D eigenvalue weighted by Crippen LogP contribution is -2.32. The van der Waals surface area contributed by atoms with Gasteiger partial charge in [-0.2, -0.15) is 0 Å². The van der Waals surface area contributed by atoms with Crippen molar-refractivity contribution in [3.63, 3.8) is 0 Å². The molecule has 0 bridgehead atoms. The van der Waals surface area contributed by atoms with E-state index in [2.05, 4.69) is 26.6 Å². The molecule has 0 heterocycles. The van der Waals surface area contributed by atoms with Gasteiger partial charge in [0.1, 0.15) is 5.75 Å². The van der Waals surface area contributed by atoms with E-state index in [9.17, 15) is 4.79 Å². The zero-order valence-corrected chi connectivity index (χ0v) is 14.2. The molecule has 0 fully saturated rings. The van der Waals surface area contributed by atoms with E-state index in [1.54, 1.807) is 7.11 Å². The fraction of sp³-hybridized carbons (Fsp3) is 0.235. The summed E-state index contributed by atoms with van der Waals surface area (Å²) in [6.45, 7) is 2.16. The van der Waals surface area contributed by atoms with Crippen LogP contribution in [-0.4, -0.2) is 19.6 Å². The molecule has 0 saturated carbocycles. The highest BCUT2D eigenvalue weighted by Gasteiger charge is 2.10. The summed E-state index contributed by atoms with van der Waals surface area (Å²) in [4.78, 5) is 12.0. The number of carbonyl (C=O) groups excluding carboxylic acids is 1. The van der Waals surface area contributed by atoms with Crippen LogP contribution in [0.3, 0.4) is 0 Å². The van der Waals surface area contributed by atoms with Gasteiger partial charge in [-0.15, -0.1) is 0 Å². The number of anilines is 1. The minimum Gasteiger partial charge on any atom is -0.495 e. The summed E-state index contributed by atoms with van der Waals surface area (Å²) in [7, 11) is 1.61. The number of carbonyl (C=O) groups is 1. The minimum atomic E-state index is -0.0682. The predicted molar refractivity (Wildman–Crippen MR) is 92.2 cm³/mol. The van der Waals surface area contributed by atoms with Gasteiger partial charge in [0, 0.05) is 4.47 Å². The number of halogens is 1. The van der Waals surface area contributed by atoms with Crippen LogP contribution < -0.4 is 15.4 Å². The molecule has 0 saturated heterocycles. The van der Waals surface area contributed by atoms with Gasteiger partial charge in [0.25, 0.3) is 0 Å². The van der Waals surface area contributed by atoms with Gasteiger partial charge in [-0.3, -0.25) is 4.79 Å². The summed E-state index contributed by atoms with van der Waals surface area (Å²) in [5.74, 6) is 0.651. The molecule has 2 aromatic carbocycles. The highest BCUT2D eigenvalue weighted by molar-refractivity contribution is 9.10. The summed E-state index contributed by atoms with van der Waals surface area (Å²) in [5, 5.41) is 6.05. The van der Waals surface area contributed by atoms with Crippen molar-refractivity contribution in [2.45, 2.75) is 13.0 Å². The summed E-state index contributed by atoms with van der Waals surface area (Å²) in [5.41, 5.74) is 1.87. The van der Waals surface area contributed by atoms with Gasteiger partial charge in [0.05, 0.1) is 25.4 Å². The minimum absolute atomic E-state index is 0.0416. The number of benzene rings is 2. The van der Waals surface area contributed by atoms with E-state index in [0.717, 1.165) is 21.5 Å². The second-order valence-electron chi connectivity index (χ2n) is 4.89. The number of rotatable bonds is 6. The maximum absolute atomic E-state index is 12.0. The molecule has 5 heteroatoms. The number of hydrogen-bond acceptors (Lipinski definition) is 3. The first-order valence-electron chi connectivity index (χ1n) is 7.02. The van der Waals surface area contributed by atoms with Gasteiger partial charge >= 0.3 is 0 Å². The molecular weight excluding hydrogens is 344 g/mol. The van der Waals surface area contributed by atoms with Crippen LogP contribution in [0.4, 0.5) is 5.69 Å². The predicted octanol–water partition coefficient (Wildman–Crippen LogP) is 3.75. The third-order valence-corrected chi connectivity index (χ3v) is 3.82. The van der Waals surface area contributed by atoms with E-state index < -0.39 is 0 Å². The Bertz CT molecular complexity index is 629. The quantitative estimate of drug-likeness (QED) is 0.822. The Hall–Kier alpha value is -2.01. The van der Waals surface area contributed by atoms with E-state index >= 15 is 0 Å². The first-order valence-corrected chi connectivity index (χ1v) is 7.81. The summed E-state index contributed by atoms with van der Waals surface area (Å²) in [6, 6.07) is 15.4. The van der Waals surface area contributed by atoms with E-state index in [0.29, 0.717) is 0 Å². The average Bonchev–Trinajstić information content (AvgIpc) is 2.53. The highest BCUT2D eigenvalue weighted by atomic mass is 79.9. The summed E-state index contributed by atoms with van der Waals surface area (Å²) in [6.07, 6.45) is 0. The largest absolute Gasteiger partial charge is 0.495 e. The number of methoxy groups -OCH3 is 1. The molecule has 22 heavy (non-hydrogen) atoms. The van der Waals surface area contributed by atoms with Gasteiger partial charge in [0.15, 0.2) is 0 Å². The van der Waals surface area contributed by atoms with Gasteiger partial charge < -0.3 is 15.4 Å². The van der Waals surface area contributed by atoms with Crippen LogP contribution >= 0.6 is 15.9 Å². The molecule has 0 aromatic heterocycles. The molecule has 0 spiro atoms. The van der Waals surface area contributed by atoms with Gasteiger partial charge in [0.2, 0.25) is 5.91 Å². The lowest BCUT2D eigenvalue weighted by atomic mass is 10.1. The van der Waals surface area contributed by atoms with E-state index in [1.165, 1.54) is 0 Å². The first kappa shape index (κ1) is 16.4. The summed E-state index contributed by atoms with van der Waals surface area (Å²) < 4.78 is 6.26. The van der Waals surface area contributed by atoms with Crippen molar-refractivity contribution in [1.82, 2.24) is 5.32 Å². The van der Waals surface area contributed by atoms with Crippen LogP contribution in [0.15, 0.2) is 53.0 Å². The van der Waals surface area contributed by atoms with Crippen LogP contribution in [0.25, 0.3) is 0 Å². The smallest absolute Gasteiger partial charge is 0.239 e. The molecule has 1 amide bonds. The standard InChI is InChI=1S/C17H19BrN2O2/c1-12(13-7-9-14(18)10-8-13)20-17(21)11-19-15-5-3-4-6-16(15)22-2/h3-10,12,19H,11H2,1-2H3,(H,20,21)/t12-/m0/s1. The second-order valence-corrected chi connectivity index (χ2v) is 5.81. The zero-order valence-electron chi connectivity index (χ0n) is 12.6. The first-order chi connectivity index (χ1) is 10.6. The topological polar surface area (TPSA) is 50.4 Å². The average molecular weight is 363 g/mol. The molecule has 0 radical (unpaired) electrons. The van der Waals surface area contributed by atoms with Crippen LogP contribution in [0.2, 0.25) is 0 Å². The van der Waals surface area contributed by atoms with E-state index in [4.69, 9.17) is 4.74 Å². The van der Waals surface area contributed by atoms with Crippen LogP contribution in [0, 0.1) is 0 Å². The van der Waals surface area contributed by atoms with Gasteiger partial charge in [-0.05, 0) is 36.8 Å². The van der Waals surface area contributed by atoms with E-state index in [1.807, 2.05) is 55.5 Å². The molecule has 2 aromatic rings. The molecule has 0 aliphatic carbocycles. The number of hydrogen-bond donors (Lipinski definition) is 2. The molecular formula is C17H19BrN2O2. The van der Waals surface area contributed by atoms with Crippen molar-refractivity contribution in [3.05, 3.63) is 58.6 Å². The molecule has 4 nitrogen and oxygen atoms in total. The third kappa shape index (κ3) is 4.49. The van der Waals surface area contributed by atoms with Gasteiger partial charge in [-0.1, -0.05) is 40.2 Å². The normalized spacial score (nSPS) is 11.6. The highest BCUT2D eigenvalue weighted by Crippen LogP contribution is 2.22. The van der Waals surface area contributed by atoms with Crippen molar-refractivity contribution < 1.29 is 9.53 Å². The molecule has 2 rings (SSSR count). The maximum Gasteiger partial charge on any atom is 0.239 e. The monoisotopic (exact) mass is 362 g/mol. The number of para-hydroxylation sites is 2. The Morgan fingerprint density at radius 2 is 1.86 bits per heavy atom. The second kappa shape index (κ2) is 7.84. The zero-order chi connectivity index (χ0) is 15.9. The van der Waals surface area contributed by atoms with Crippen molar-refractivity contribution >= 4 is 27.5 Å². The fourth-order valence-electron chi connectivity index (χ4n) is 2.09. The lowest BCUT2D eigenvalue weighted by Gasteiger charge is -2.16. The Balaban J connectivity index is 1.88. The Morgan fingerprint density at radius 3 is 2.55 bits per heavy atom. The van der Waals surface area contributed by atoms with Crippen LogP contribution in [-0.2, 0) is 4.79 Å². The van der Waals surface area contributed by atoms with Crippen molar-refractivity contribution in [3.8, 4) is 5.75 Å². The van der Waals surface area contributed by atoms with Crippen LogP contribution in [0.1, 0.15) is 18.5 Å². The van der Waals surface area contributed by atoms with Gasteiger partial charge in [-0.25, -0.2) is 0 Å². The SMILES string of the molecule is COc1ccccc1NCC(=O)N[C@@H](C)c1ccc(Br)cc1. The van der Waals surface area contributed by atoms with Crippen molar-refractivity contribution in [2.75, 3.05) is 19.0 Å². The third-order valence-electron chi connectivity index (χ3n) is 3.29. The Morgan fingerprint density at radius 1 is 1.18 bits per heavy atom. The number of nitrogens with one attached hydrogen (secondary N) is 2. The fourth-order valence-corrected chi connectivity index (χ4v) is 2.36. The number of ether oxygens (including phenoxy) is 1. The molecule has 0 aliphatic rings. The van der Waals surface area contributed by atoms with Crippen LogP contribution in [0.5, 0.6) is 5.75 Å². The molecule has 2 N–H and O–H groups in total. The lowest BCUT2D eigenvalue weighted by molar-refractivity contribution is -0.120. The Labute approximate surface area is 139 Å². The number of amides is 1. The summed E-state index contributed by atoms with van der Waals surface area (Å²) >= 11 is 3.40. The maximum atomic E-state index is 12.0.